The van der Waals surface area contributed by atoms with Crippen LogP contribution in [-0.2, 0) is 22.7 Å². The average molecular weight is 579 g/mol. The van der Waals surface area contributed by atoms with Crippen molar-refractivity contribution >= 4 is 17.4 Å². The van der Waals surface area contributed by atoms with E-state index in [-0.39, 0.29) is 17.9 Å². The van der Waals surface area contributed by atoms with Crippen molar-refractivity contribution in [3.8, 4) is 23.0 Å². The van der Waals surface area contributed by atoms with Crippen LogP contribution in [-0.4, -0.2) is 46.5 Å². The molecule has 1 N–H and O–H groups in total. The van der Waals surface area contributed by atoms with Crippen molar-refractivity contribution < 1.29 is 33.6 Å². The van der Waals surface area contributed by atoms with E-state index in [2.05, 4.69) is 4.98 Å². The first-order valence-corrected chi connectivity index (χ1v) is 14.0. The highest BCUT2D eigenvalue weighted by Crippen LogP contribution is 2.44. The van der Waals surface area contributed by atoms with Crippen molar-refractivity contribution in [2.45, 2.75) is 26.1 Å². The lowest BCUT2D eigenvalue weighted by Crippen LogP contribution is -2.29. The number of ketones is 1. The van der Waals surface area contributed by atoms with E-state index >= 15 is 0 Å². The fourth-order valence-electron chi connectivity index (χ4n) is 5.24. The summed E-state index contributed by atoms with van der Waals surface area (Å²) in [4.78, 5) is 32.6. The minimum atomic E-state index is -0.899. The maximum atomic E-state index is 13.6. The third-order valence-electron chi connectivity index (χ3n) is 7.28. The van der Waals surface area contributed by atoms with Gasteiger partial charge >= 0.3 is 0 Å². The third kappa shape index (κ3) is 5.74. The molecule has 43 heavy (non-hydrogen) atoms. The molecule has 218 valence electrons. The van der Waals surface area contributed by atoms with Gasteiger partial charge in [-0.05, 0) is 66.1 Å². The Kier molecular flexibility index (Phi) is 7.95. The Morgan fingerprint density at radius 2 is 1.65 bits per heavy atom. The van der Waals surface area contributed by atoms with Gasteiger partial charge in [0.05, 0.1) is 18.2 Å². The number of benzene rings is 3. The minimum absolute atomic E-state index is 0.0314. The summed E-state index contributed by atoms with van der Waals surface area (Å²) in [6.45, 7) is 3.50. The number of carbonyl (C=O) groups excluding carboxylic acids is 2. The van der Waals surface area contributed by atoms with Gasteiger partial charge < -0.3 is 29.0 Å². The number of nitrogens with zero attached hydrogens (tertiary/aromatic N) is 2. The van der Waals surface area contributed by atoms with E-state index in [0.29, 0.717) is 60.6 Å². The molecular weight excluding hydrogens is 548 g/mol. The van der Waals surface area contributed by atoms with Gasteiger partial charge in [-0.2, -0.15) is 0 Å². The number of amides is 1. The second-order valence-corrected chi connectivity index (χ2v) is 10.1. The van der Waals surface area contributed by atoms with E-state index in [1.165, 1.54) is 4.90 Å². The molecule has 2 aliphatic heterocycles. The van der Waals surface area contributed by atoms with E-state index in [1.54, 1.807) is 60.9 Å². The molecule has 1 saturated heterocycles. The van der Waals surface area contributed by atoms with E-state index in [0.717, 1.165) is 11.1 Å². The number of hydrogen-bond acceptors (Lipinski definition) is 8. The van der Waals surface area contributed by atoms with Crippen LogP contribution in [0, 0.1) is 0 Å². The Morgan fingerprint density at radius 1 is 0.884 bits per heavy atom. The highest BCUT2D eigenvalue weighted by atomic mass is 16.6. The highest BCUT2D eigenvalue weighted by molar-refractivity contribution is 6.46. The monoisotopic (exact) mass is 578 g/mol. The van der Waals surface area contributed by atoms with Gasteiger partial charge in [-0.3, -0.25) is 14.6 Å². The first-order chi connectivity index (χ1) is 21.0. The van der Waals surface area contributed by atoms with E-state index < -0.39 is 17.7 Å². The van der Waals surface area contributed by atoms with Crippen molar-refractivity contribution in [3.63, 3.8) is 0 Å². The van der Waals surface area contributed by atoms with Crippen molar-refractivity contribution in [1.82, 2.24) is 9.88 Å². The Hall–Kier alpha value is -5.31. The summed E-state index contributed by atoms with van der Waals surface area (Å²) in [5.74, 6) is 0.176. The summed E-state index contributed by atoms with van der Waals surface area (Å²) in [6, 6.07) is 22.7. The van der Waals surface area contributed by atoms with Crippen molar-refractivity contribution in [3.05, 3.63) is 119 Å². The first kappa shape index (κ1) is 27.8. The maximum Gasteiger partial charge on any atom is 0.295 e. The molecule has 0 aliphatic carbocycles. The molecule has 1 unspecified atom stereocenters. The van der Waals surface area contributed by atoms with Crippen LogP contribution in [0.5, 0.6) is 23.0 Å². The number of aliphatic hydroxyl groups is 1. The summed E-state index contributed by atoms with van der Waals surface area (Å²) in [5.41, 5.74) is 2.68. The molecule has 3 aromatic carbocycles. The normalized spacial score (nSPS) is 17.1. The van der Waals surface area contributed by atoms with Gasteiger partial charge in [-0.25, -0.2) is 0 Å². The number of carbonyl (C=O) groups is 2. The fourth-order valence-corrected chi connectivity index (χ4v) is 5.24. The number of fused-ring (bicyclic) bond motifs is 1. The zero-order valence-corrected chi connectivity index (χ0v) is 23.6. The molecule has 9 heteroatoms. The number of likely N-dealkylation sites (tertiary alicyclic amines) is 1. The topological polar surface area (TPSA) is 107 Å². The Morgan fingerprint density at radius 3 is 2.42 bits per heavy atom. The zero-order valence-electron chi connectivity index (χ0n) is 23.6. The molecule has 4 aromatic rings. The van der Waals surface area contributed by atoms with Gasteiger partial charge in [0.2, 0.25) is 0 Å². The molecule has 0 radical (unpaired) electrons. The van der Waals surface area contributed by atoms with Crippen LogP contribution in [0.4, 0.5) is 0 Å². The Balaban J connectivity index is 1.43. The molecule has 1 aromatic heterocycles. The van der Waals surface area contributed by atoms with Crippen LogP contribution in [0.25, 0.3) is 5.76 Å². The zero-order chi connectivity index (χ0) is 29.8. The second-order valence-electron chi connectivity index (χ2n) is 10.1. The van der Waals surface area contributed by atoms with Crippen LogP contribution >= 0.6 is 0 Å². The molecular formula is C34H30N2O7. The van der Waals surface area contributed by atoms with Crippen LogP contribution in [0.15, 0.2) is 96.8 Å². The molecule has 0 saturated carbocycles. The molecule has 1 fully saturated rings. The number of aromatic nitrogens is 1. The highest BCUT2D eigenvalue weighted by Gasteiger charge is 2.46. The van der Waals surface area contributed by atoms with Gasteiger partial charge in [-0.1, -0.05) is 36.4 Å². The van der Waals surface area contributed by atoms with Crippen molar-refractivity contribution in [2.24, 2.45) is 0 Å². The van der Waals surface area contributed by atoms with Gasteiger partial charge in [0.25, 0.3) is 11.7 Å². The first-order valence-electron chi connectivity index (χ1n) is 14.0. The molecule has 0 bridgehead atoms. The van der Waals surface area contributed by atoms with Gasteiger partial charge in [0.15, 0.2) is 23.0 Å². The lowest BCUT2D eigenvalue weighted by atomic mass is 9.94. The lowest BCUT2D eigenvalue weighted by Gasteiger charge is -2.26. The SMILES string of the molecule is CCOc1cc(C2C(=C(O)c3ccc4c(c3)OCCO4)C(=O)C(=O)N2Cc2ccncc2)ccc1OCc1ccccc1. The van der Waals surface area contributed by atoms with E-state index in [4.69, 9.17) is 18.9 Å². The maximum absolute atomic E-state index is 13.6. The van der Waals surface area contributed by atoms with Crippen LogP contribution < -0.4 is 18.9 Å². The molecule has 6 rings (SSSR count). The van der Waals surface area contributed by atoms with Gasteiger partial charge in [0.1, 0.15) is 25.6 Å². The van der Waals surface area contributed by atoms with Crippen LogP contribution in [0.2, 0.25) is 0 Å². The number of aliphatic hydroxyl groups excluding tert-OH is 1. The van der Waals surface area contributed by atoms with E-state index in [9.17, 15) is 14.7 Å². The van der Waals surface area contributed by atoms with Crippen LogP contribution in [0.1, 0.15) is 35.2 Å². The van der Waals surface area contributed by atoms with Crippen LogP contribution in [0.3, 0.4) is 0 Å². The average Bonchev–Trinajstić information content (AvgIpc) is 3.29. The predicted octanol–water partition coefficient (Wildman–Crippen LogP) is 5.45. The van der Waals surface area contributed by atoms with E-state index in [1.807, 2.05) is 37.3 Å². The molecule has 1 amide bonds. The summed E-state index contributed by atoms with van der Waals surface area (Å²) >= 11 is 0. The van der Waals surface area contributed by atoms with Gasteiger partial charge in [-0.15, -0.1) is 0 Å². The summed E-state index contributed by atoms with van der Waals surface area (Å²) in [6.07, 6.45) is 3.25. The Labute approximate surface area is 248 Å². The molecule has 9 nitrogen and oxygen atoms in total. The molecule has 0 spiro atoms. The number of rotatable bonds is 9. The Bertz CT molecular complexity index is 1670. The minimum Gasteiger partial charge on any atom is -0.507 e. The number of pyridine rings is 1. The summed E-state index contributed by atoms with van der Waals surface area (Å²) < 4.78 is 23.3. The molecule has 3 heterocycles. The quantitative estimate of drug-likeness (QED) is 0.159. The third-order valence-corrected chi connectivity index (χ3v) is 7.28. The lowest BCUT2D eigenvalue weighted by molar-refractivity contribution is -0.140. The fraction of sp³-hybridized carbons (Fsp3) is 0.206. The van der Waals surface area contributed by atoms with Crippen molar-refractivity contribution in [1.29, 1.82) is 0 Å². The molecule has 2 aliphatic rings. The number of Topliss-reactive ketones (excluding diaryl/α,β-unsaturated/α-hetero) is 1. The summed E-state index contributed by atoms with van der Waals surface area (Å²) in [7, 11) is 0. The summed E-state index contributed by atoms with van der Waals surface area (Å²) in [5, 5.41) is 11.6. The standard InChI is InChI=1S/C34H30N2O7/c1-2-40-28-18-24(8-10-27(28)43-21-23-6-4-3-5-7-23)31-30(32(37)25-9-11-26-29(19-25)42-17-16-41-26)33(38)34(39)36(31)20-22-12-14-35-15-13-22/h3-15,18-19,31,37H,2,16-17,20-21H2,1H3. The molecule has 1 atom stereocenters. The largest absolute Gasteiger partial charge is 0.507 e. The second kappa shape index (κ2) is 12.3. The predicted molar refractivity (Wildman–Crippen MR) is 158 cm³/mol. The number of ether oxygens (including phenoxy) is 4. The smallest absolute Gasteiger partial charge is 0.295 e. The van der Waals surface area contributed by atoms with Crippen molar-refractivity contribution in [2.75, 3.05) is 19.8 Å². The number of hydrogen-bond donors (Lipinski definition) is 1. The van der Waals surface area contributed by atoms with Gasteiger partial charge in [0, 0.05) is 24.5 Å².